The number of aryl methyl sites for hydroxylation is 2. The first-order chi connectivity index (χ1) is 8.04. The van der Waals surface area contributed by atoms with Crippen LogP contribution in [-0.2, 0) is 4.79 Å². The first-order valence-corrected chi connectivity index (χ1v) is 5.86. The van der Waals surface area contributed by atoms with E-state index in [1.54, 1.807) is 14.0 Å². The number of methoxy groups -OCH3 is 1. The third kappa shape index (κ3) is 4.06. The second-order valence-corrected chi connectivity index (χ2v) is 4.32. The van der Waals surface area contributed by atoms with Crippen LogP contribution in [0.25, 0.3) is 6.08 Å². The van der Waals surface area contributed by atoms with Crippen molar-refractivity contribution >= 4 is 11.9 Å². The van der Waals surface area contributed by atoms with Gasteiger partial charge in [-0.25, -0.2) is 0 Å². The van der Waals surface area contributed by atoms with Gasteiger partial charge in [-0.05, 0) is 56.0 Å². The smallest absolute Gasteiger partial charge is 0.130 e. The standard InChI is InChI=1S/C15H20O2/c1-11-10-15(17-4)12(2)9-14(11)8-6-5-7-13(3)16/h6,8-10H,5,7H2,1-4H3/b8-6+. The molecule has 0 amide bonds. The average molecular weight is 232 g/mol. The Bertz CT molecular complexity index is 431. The number of carbonyl (C=O) groups excluding carboxylic acids is 1. The van der Waals surface area contributed by atoms with E-state index < -0.39 is 0 Å². The molecule has 0 radical (unpaired) electrons. The third-order valence-corrected chi connectivity index (χ3v) is 2.74. The number of ketones is 1. The van der Waals surface area contributed by atoms with Crippen molar-refractivity contribution in [2.24, 2.45) is 0 Å². The number of Topliss-reactive ketones (excluding diaryl/α,β-unsaturated/α-hetero) is 1. The van der Waals surface area contributed by atoms with Gasteiger partial charge in [0.2, 0.25) is 0 Å². The van der Waals surface area contributed by atoms with E-state index in [4.69, 9.17) is 4.74 Å². The van der Waals surface area contributed by atoms with Gasteiger partial charge in [-0.2, -0.15) is 0 Å². The van der Waals surface area contributed by atoms with E-state index in [9.17, 15) is 4.79 Å². The zero-order chi connectivity index (χ0) is 12.8. The van der Waals surface area contributed by atoms with Crippen molar-refractivity contribution in [2.45, 2.75) is 33.6 Å². The minimum atomic E-state index is 0.234. The van der Waals surface area contributed by atoms with Gasteiger partial charge in [0.05, 0.1) is 7.11 Å². The van der Waals surface area contributed by atoms with Gasteiger partial charge < -0.3 is 9.53 Å². The molecule has 0 N–H and O–H groups in total. The molecule has 1 aromatic carbocycles. The summed E-state index contributed by atoms with van der Waals surface area (Å²) in [6.45, 7) is 5.72. The summed E-state index contributed by atoms with van der Waals surface area (Å²) in [6.07, 6.45) is 5.55. The van der Waals surface area contributed by atoms with Crippen LogP contribution in [0.15, 0.2) is 18.2 Å². The minimum absolute atomic E-state index is 0.234. The van der Waals surface area contributed by atoms with Crippen molar-refractivity contribution < 1.29 is 9.53 Å². The van der Waals surface area contributed by atoms with Crippen molar-refractivity contribution in [1.82, 2.24) is 0 Å². The Morgan fingerprint density at radius 1 is 1.29 bits per heavy atom. The molecule has 0 heterocycles. The fourth-order valence-corrected chi connectivity index (χ4v) is 1.71. The highest BCUT2D eigenvalue weighted by Crippen LogP contribution is 2.23. The van der Waals surface area contributed by atoms with E-state index >= 15 is 0 Å². The van der Waals surface area contributed by atoms with Crippen LogP contribution in [0.3, 0.4) is 0 Å². The van der Waals surface area contributed by atoms with Gasteiger partial charge in [-0.1, -0.05) is 12.2 Å². The summed E-state index contributed by atoms with van der Waals surface area (Å²) >= 11 is 0. The van der Waals surface area contributed by atoms with Crippen LogP contribution in [0.5, 0.6) is 5.75 Å². The predicted molar refractivity (Wildman–Crippen MR) is 71.4 cm³/mol. The lowest BCUT2D eigenvalue weighted by atomic mass is 10.0. The van der Waals surface area contributed by atoms with E-state index in [0.717, 1.165) is 17.7 Å². The number of rotatable bonds is 5. The molecule has 0 aliphatic heterocycles. The van der Waals surface area contributed by atoms with Crippen LogP contribution in [0, 0.1) is 13.8 Å². The Labute approximate surface area is 103 Å². The van der Waals surface area contributed by atoms with E-state index in [2.05, 4.69) is 25.1 Å². The van der Waals surface area contributed by atoms with Crippen molar-refractivity contribution in [1.29, 1.82) is 0 Å². The molecule has 17 heavy (non-hydrogen) atoms. The third-order valence-electron chi connectivity index (χ3n) is 2.74. The van der Waals surface area contributed by atoms with Gasteiger partial charge in [0.25, 0.3) is 0 Å². The highest BCUT2D eigenvalue weighted by atomic mass is 16.5. The Morgan fingerprint density at radius 3 is 2.59 bits per heavy atom. The average Bonchev–Trinajstić information content (AvgIpc) is 2.28. The molecule has 0 saturated heterocycles. The van der Waals surface area contributed by atoms with Gasteiger partial charge in [0.1, 0.15) is 11.5 Å². The summed E-state index contributed by atoms with van der Waals surface area (Å²) in [4.78, 5) is 10.8. The molecule has 2 heteroatoms. The molecule has 1 rings (SSSR count). The lowest BCUT2D eigenvalue weighted by Gasteiger charge is -2.08. The monoisotopic (exact) mass is 232 g/mol. The van der Waals surface area contributed by atoms with Gasteiger partial charge >= 0.3 is 0 Å². The zero-order valence-electron chi connectivity index (χ0n) is 11.0. The number of hydrogen-bond donors (Lipinski definition) is 0. The zero-order valence-corrected chi connectivity index (χ0v) is 11.0. The highest BCUT2D eigenvalue weighted by Gasteiger charge is 2.02. The van der Waals surface area contributed by atoms with E-state index in [0.29, 0.717) is 6.42 Å². The first kappa shape index (κ1) is 13.5. The molecule has 2 nitrogen and oxygen atoms in total. The molecule has 1 aromatic rings. The number of ether oxygens (including phenoxy) is 1. The Morgan fingerprint density at radius 2 is 2.00 bits per heavy atom. The number of benzene rings is 1. The fourth-order valence-electron chi connectivity index (χ4n) is 1.71. The maximum absolute atomic E-state index is 10.8. The summed E-state index contributed by atoms with van der Waals surface area (Å²) in [5, 5.41) is 0. The Balaban J connectivity index is 2.78. The normalized spacial score (nSPS) is 10.8. The molecular formula is C15H20O2. The molecule has 0 aliphatic carbocycles. The van der Waals surface area contributed by atoms with E-state index in [1.165, 1.54) is 11.1 Å². The summed E-state index contributed by atoms with van der Waals surface area (Å²) in [5.41, 5.74) is 3.50. The topological polar surface area (TPSA) is 26.3 Å². The van der Waals surface area contributed by atoms with Crippen LogP contribution in [0.1, 0.15) is 36.5 Å². The van der Waals surface area contributed by atoms with Crippen LogP contribution in [0.4, 0.5) is 0 Å². The Hall–Kier alpha value is -1.57. The maximum atomic E-state index is 10.8. The van der Waals surface area contributed by atoms with Gasteiger partial charge in [-0.3, -0.25) is 0 Å². The molecule has 0 saturated carbocycles. The van der Waals surface area contributed by atoms with Gasteiger partial charge in [-0.15, -0.1) is 0 Å². The molecule has 0 spiro atoms. The second kappa shape index (κ2) is 6.24. The van der Waals surface area contributed by atoms with E-state index in [-0.39, 0.29) is 5.78 Å². The lowest BCUT2D eigenvalue weighted by molar-refractivity contribution is -0.116. The molecule has 0 aromatic heterocycles. The Kier molecular flexibility index (Phi) is 4.95. The van der Waals surface area contributed by atoms with Crippen LogP contribution >= 0.6 is 0 Å². The summed E-state index contributed by atoms with van der Waals surface area (Å²) in [7, 11) is 1.68. The van der Waals surface area contributed by atoms with Crippen LogP contribution in [-0.4, -0.2) is 12.9 Å². The summed E-state index contributed by atoms with van der Waals surface area (Å²) in [6, 6.07) is 4.15. The summed E-state index contributed by atoms with van der Waals surface area (Å²) in [5.74, 6) is 1.15. The molecular weight excluding hydrogens is 212 g/mol. The summed E-state index contributed by atoms with van der Waals surface area (Å²) < 4.78 is 5.27. The minimum Gasteiger partial charge on any atom is -0.496 e. The lowest BCUT2D eigenvalue weighted by Crippen LogP contribution is -1.91. The van der Waals surface area contributed by atoms with Crippen molar-refractivity contribution in [3.8, 4) is 5.75 Å². The second-order valence-electron chi connectivity index (χ2n) is 4.32. The highest BCUT2D eigenvalue weighted by molar-refractivity contribution is 5.75. The number of hydrogen-bond acceptors (Lipinski definition) is 2. The molecule has 0 bridgehead atoms. The largest absolute Gasteiger partial charge is 0.496 e. The van der Waals surface area contributed by atoms with Gasteiger partial charge in [0.15, 0.2) is 0 Å². The first-order valence-electron chi connectivity index (χ1n) is 5.86. The van der Waals surface area contributed by atoms with E-state index in [1.807, 2.05) is 13.0 Å². The van der Waals surface area contributed by atoms with Crippen LogP contribution < -0.4 is 4.74 Å². The number of allylic oxidation sites excluding steroid dienone is 1. The van der Waals surface area contributed by atoms with Gasteiger partial charge in [0, 0.05) is 6.42 Å². The SMILES string of the molecule is COc1cc(C)c(/C=C/CCC(C)=O)cc1C. The fraction of sp³-hybridized carbons (Fsp3) is 0.400. The maximum Gasteiger partial charge on any atom is 0.130 e. The molecule has 92 valence electrons. The van der Waals surface area contributed by atoms with Crippen molar-refractivity contribution in [3.05, 3.63) is 34.9 Å². The van der Waals surface area contributed by atoms with Crippen molar-refractivity contribution in [2.75, 3.05) is 7.11 Å². The number of carbonyl (C=O) groups is 1. The molecule has 0 unspecified atom stereocenters. The quantitative estimate of drug-likeness (QED) is 0.773. The molecule has 0 aliphatic rings. The predicted octanol–water partition coefficient (Wildman–Crippen LogP) is 3.69. The van der Waals surface area contributed by atoms with Crippen molar-refractivity contribution in [3.63, 3.8) is 0 Å². The van der Waals surface area contributed by atoms with Crippen LogP contribution in [0.2, 0.25) is 0 Å². The molecule has 0 atom stereocenters. The molecule has 0 fully saturated rings.